The third-order valence-electron chi connectivity index (χ3n) is 5.18. The van der Waals surface area contributed by atoms with Gasteiger partial charge in [0.25, 0.3) is 0 Å². The Morgan fingerprint density at radius 3 is 1.56 bits per heavy atom. The SMILES string of the molecule is CCCCCCOC(=O)/C=C/C(=O)OCCCCCC.NCCCCCCOC(=O)c1ccccc1. The Morgan fingerprint density at radius 1 is 0.639 bits per heavy atom. The number of hydrogen-bond acceptors (Lipinski definition) is 7. The Kier molecular flexibility index (Phi) is 23.5. The second-order valence-electron chi connectivity index (χ2n) is 8.49. The summed E-state index contributed by atoms with van der Waals surface area (Å²) in [6.07, 6.45) is 14.9. The van der Waals surface area contributed by atoms with Gasteiger partial charge in [0.2, 0.25) is 0 Å². The molecule has 1 rings (SSSR count). The lowest BCUT2D eigenvalue weighted by atomic mass is 10.2. The van der Waals surface area contributed by atoms with Crippen LogP contribution in [0, 0.1) is 0 Å². The molecule has 0 aliphatic rings. The van der Waals surface area contributed by atoms with Crippen molar-refractivity contribution in [1.29, 1.82) is 0 Å². The molecule has 1 aromatic rings. The molecule has 0 bridgehead atoms. The van der Waals surface area contributed by atoms with Crippen LogP contribution < -0.4 is 5.73 Å². The highest BCUT2D eigenvalue weighted by Crippen LogP contribution is 2.04. The number of rotatable bonds is 19. The van der Waals surface area contributed by atoms with Crippen LogP contribution >= 0.6 is 0 Å². The van der Waals surface area contributed by atoms with Crippen LogP contribution in [-0.2, 0) is 23.8 Å². The maximum Gasteiger partial charge on any atom is 0.338 e. The Labute approximate surface area is 217 Å². The molecule has 0 spiro atoms. The zero-order valence-corrected chi connectivity index (χ0v) is 22.4. The van der Waals surface area contributed by atoms with E-state index < -0.39 is 11.9 Å². The predicted molar refractivity (Wildman–Crippen MR) is 144 cm³/mol. The van der Waals surface area contributed by atoms with Crippen LogP contribution in [0.15, 0.2) is 42.5 Å². The van der Waals surface area contributed by atoms with Crippen LogP contribution in [0.3, 0.4) is 0 Å². The highest BCUT2D eigenvalue weighted by molar-refractivity contribution is 5.91. The Hall–Kier alpha value is -2.67. The van der Waals surface area contributed by atoms with Gasteiger partial charge in [-0.15, -0.1) is 0 Å². The molecule has 2 N–H and O–H groups in total. The average molecular weight is 506 g/mol. The fraction of sp³-hybridized carbons (Fsp3) is 0.621. The van der Waals surface area contributed by atoms with Gasteiger partial charge >= 0.3 is 17.9 Å². The van der Waals surface area contributed by atoms with Gasteiger partial charge in [-0.05, 0) is 44.4 Å². The number of nitrogens with two attached hydrogens (primary N) is 1. The quantitative estimate of drug-likeness (QED) is 0.104. The van der Waals surface area contributed by atoms with Gasteiger partial charge < -0.3 is 19.9 Å². The molecule has 0 atom stereocenters. The fourth-order valence-electron chi connectivity index (χ4n) is 3.06. The molecule has 0 unspecified atom stereocenters. The van der Waals surface area contributed by atoms with Crippen molar-refractivity contribution in [1.82, 2.24) is 0 Å². The average Bonchev–Trinajstić information content (AvgIpc) is 2.90. The van der Waals surface area contributed by atoms with Gasteiger partial charge in [0.05, 0.1) is 25.4 Å². The number of hydrogen-bond donors (Lipinski definition) is 1. The number of unbranched alkanes of at least 4 members (excludes halogenated alkanes) is 9. The minimum atomic E-state index is -0.482. The summed E-state index contributed by atoms with van der Waals surface area (Å²) in [5.41, 5.74) is 6.00. The molecule has 0 saturated carbocycles. The molecule has 7 heteroatoms. The van der Waals surface area contributed by atoms with Crippen molar-refractivity contribution >= 4 is 17.9 Å². The summed E-state index contributed by atoms with van der Waals surface area (Å²) < 4.78 is 15.1. The summed E-state index contributed by atoms with van der Waals surface area (Å²) in [6.45, 7) is 6.32. The van der Waals surface area contributed by atoms with E-state index in [1.54, 1.807) is 12.1 Å². The summed E-state index contributed by atoms with van der Waals surface area (Å²) in [4.78, 5) is 34.0. The van der Waals surface area contributed by atoms with E-state index in [0.717, 1.165) is 95.7 Å². The van der Waals surface area contributed by atoms with Crippen molar-refractivity contribution in [2.75, 3.05) is 26.4 Å². The van der Waals surface area contributed by atoms with E-state index in [2.05, 4.69) is 13.8 Å². The second-order valence-corrected chi connectivity index (χ2v) is 8.49. The van der Waals surface area contributed by atoms with Crippen LogP contribution in [0.5, 0.6) is 0 Å². The molecule has 204 valence electrons. The number of carbonyl (C=O) groups excluding carboxylic acids is 3. The van der Waals surface area contributed by atoms with Gasteiger partial charge in [0.15, 0.2) is 0 Å². The number of esters is 3. The van der Waals surface area contributed by atoms with Gasteiger partial charge in [-0.1, -0.05) is 83.4 Å². The van der Waals surface area contributed by atoms with Crippen molar-refractivity contribution in [3.8, 4) is 0 Å². The molecule has 0 radical (unpaired) electrons. The van der Waals surface area contributed by atoms with E-state index in [1.165, 1.54) is 0 Å². The van der Waals surface area contributed by atoms with E-state index in [-0.39, 0.29) is 5.97 Å². The van der Waals surface area contributed by atoms with E-state index in [0.29, 0.717) is 25.4 Å². The number of carbonyl (C=O) groups is 3. The summed E-state index contributed by atoms with van der Waals surface area (Å²) in [5.74, 6) is -1.20. The molecule has 0 heterocycles. The van der Waals surface area contributed by atoms with Crippen molar-refractivity contribution < 1.29 is 28.6 Å². The van der Waals surface area contributed by atoms with Crippen LogP contribution in [0.1, 0.15) is 101 Å². The van der Waals surface area contributed by atoms with Crippen LogP contribution in [0.25, 0.3) is 0 Å². The number of benzene rings is 1. The first kappa shape index (κ1) is 33.3. The van der Waals surface area contributed by atoms with Crippen molar-refractivity contribution in [3.05, 3.63) is 48.0 Å². The normalized spacial score (nSPS) is 10.4. The molecule has 1 aromatic carbocycles. The summed E-state index contributed by atoms with van der Waals surface area (Å²) in [6, 6.07) is 9.06. The van der Waals surface area contributed by atoms with Gasteiger partial charge in [-0.2, -0.15) is 0 Å². The molecule has 0 amide bonds. The van der Waals surface area contributed by atoms with Gasteiger partial charge in [0, 0.05) is 12.2 Å². The van der Waals surface area contributed by atoms with Crippen LogP contribution in [0.4, 0.5) is 0 Å². The van der Waals surface area contributed by atoms with Gasteiger partial charge in [0.1, 0.15) is 0 Å². The summed E-state index contributed by atoms with van der Waals surface area (Å²) in [7, 11) is 0. The highest BCUT2D eigenvalue weighted by atomic mass is 16.5. The van der Waals surface area contributed by atoms with E-state index in [4.69, 9.17) is 19.9 Å². The van der Waals surface area contributed by atoms with Crippen molar-refractivity contribution in [3.63, 3.8) is 0 Å². The minimum Gasteiger partial charge on any atom is -0.463 e. The summed E-state index contributed by atoms with van der Waals surface area (Å²) in [5, 5.41) is 0. The maximum atomic E-state index is 11.5. The Balaban J connectivity index is 0.000000696. The monoisotopic (exact) mass is 505 g/mol. The first-order chi connectivity index (χ1) is 17.5. The van der Waals surface area contributed by atoms with Crippen LogP contribution in [0.2, 0.25) is 0 Å². The topological polar surface area (TPSA) is 105 Å². The molecule has 36 heavy (non-hydrogen) atoms. The molecule has 0 aliphatic carbocycles. The second kappa shape index (κ2) is 25.4. The molecular weight excluding hydrogens is 458 g/mol. The van der Waals surface area contributed by atoms with E-state index in [9.17, 15) is 14.4 Å². The first-order valence-electron chi connectivity index (χ1n) is 13.5. The van der Waals surface area contributed by atoms with Gasteiger partial charge in [-0.25, -0.2) is 14.4 Å². The van der Waals surface area contributed by atoms with Gasteiger partial charge in [-0.3, -0.25) is 0 Å². The highest BCUT2D eigenvalue weighted by Gasteiger charge is 2.04. The van der Waals surface area contributed by atoms with E-state index in [1.807, 2.05) is 18.2 Å². The molecule has 0 aliphatic heterocycles. The Morgan fingerprint density at radius 2 is 1.08 bits per heavy atom. The molecular formula is C29H47NO6. The lowest BCUT2D eigenvalue weighted by Crippen LogP contribution is -2.06. The smallest absolute Gasteiger partial charge is 0.338 e. The lowest BCUT2D eigenvalue weighted by molar-refractivity contribution is -0.140. The largest absolute Gasteiger partial charge is 0.463 e. The molecule has 7 nitrogen and oxygen atoms in total. The zero-order chi connectivity index (χ0) is 26.7. The Bertz CT molecular complexity index is 677. The summed E-state index contributed by atoms with van der Waals surface area (Å²) >= 11 is 0. The van der Waals surface area contributed by atoms with Crippen molar-refractivity contribution in [2.45, 2.75) is 90.9 Å². The number of ether oxygens (including phenoxy) is 3. The fourth-order valence-corrected chi connectivity index (χ4v) is 3.06. The minimum absolute atomic E-state index is 0.237. The third kappa shape index (κ3) is 21.8. The molecule has 0 fully saturated rings. The molecule has 0 aromatic heterocycles. The predicted octanol–water partition coefficient (Wildman–Crippen LogP) is 6.15. The zero-order valence-electron chi connectivity index (χ0n) is 22.4. The first-order valence-corrected chi connectivity index (χ1v) is 13.5. The standard InChI is InChI=1S/C16H28O4.C13H19NO2/c1-3-5-7-9-13-19-15(17)11-12-16(18)20-14-10-8-6-4-2;14-10-6-1-2-7-11-16-13(15)12-8-4-3-5-9-12/h11-12H,3-10,13-14H2,1-2H3;3-5,8-9H,1-2,6-7,10-11,14H2/b12-11+;. The van der Waals surface area contributed by atoms with E-state index >= 15 is 0 Å². The maximum absolute atomic E-state index is 11.5. The molecule has 0 saturated heterocycles. The van der Waals surface area contributed by atoms with Crippen LogP contribution in [-0.4, -0.2) is 44.3 Å². The lowest BCUT2D eigenvalue weighted by Gasteiger charge is -2.04. The van der Waals surface area contributed by atoms with Crippen molar-refractivity contribution in [2.24, 2.45) is 5.73 Å². The third-order valence-corrected chi connectivity index (χ3v) is 5.18.